The van der Waals surface area contributed by atoms with E-state index >= 15 is 0 Å². The zero-order valence-electron chi connectivity index (χ0n) is 8.71. The minimum absolute atomic E-state index is 0.0579. The van der Waals surface area contributed by atoms with Crippen molar-refractivity contribution in [1.82, 2.24) is 0 Å². The quantitative estimate of drug-likeness (QED) is 0.789. The molecule has 0 spiro atoms. The summed E-state index contributed by atoms with van der Waals surface area (Å²) in [5.41, 5.74) is 0.122. The van der Waals surface area contributed by atoms with E-state index in [9.17, 15) is 13.6 Å². The van der Waals surface area contributed by atoms with Crippen molar-refractivity contribution in [2.24, 2.45) is 5.92 Å². The SMILES string of the molecule is O=C(Cc1cc(F)ccc1F)C1CCOC1. The molecule has 0 saturated carbocycles. The minimum atomic E-state index is -0.534. The fourth-order valence-electron chi connectivity index (χ4n) is 1.80. The minimum Gasteiger partial charge on any atom is -0.381 e. The van der Waals surface area contributed by atoms with Crippen LogP contribution in [-0.2, 0) is 16.0 Å². The lowest BCUT2D eigenvalue weighted by atomic mass is 9.97. The highest BCUT2D eigenvalue weighted by atomic mass is 19.1. The average molecular weight is 226 g/mol. The van der Waals surface area contributed by atoms with E-state index in [1.54, 1.807) is 0 Å². The maximum atomic E-state index is 13.3. The molecule has 1 unspecified atom stereocenters. The van der Waals surface area contributed by atoms with E-state index in [-0.39, 0.29) is 23.7 Å². The van der Waals surface area contributed by atoms with Crippen LogP contribution in [0.5, 0.6) is 0 Å². The molecule has 1 atom stereocenters. The number of ether oxygens (including phenoxy) is 1. The Morgan fingerprint density at radius 3 is 2.94 bits per heavy atom. The van der Waals surface area contributed by atoms with Crippen molar-refractivity contribution >= 4 is 5.78 Å². The zero-order chi connectivity index (χ0) is 11.5. The van der Waals surface area contributed by atoms with Gasteiger partial charge < -0.3 is 4.74 Å². The summed E-state index contributed by atoms with van der Waals surface area (Å²) in [6, 6.07) is 3.16. The molecular weight excluding hydrogens is 214 g/mol. The van der Waals surface area contributed by atoms with E-state index in [4.69, 9.17) is 4.74 Å². The summed E-state index contributed by atoms with van der Waals surface area (Å²) in [5.74, 6) is -1.30. The maximum absolute atomic E-state index is 13.3. The summed E-state index contributed by atoms with van der Waals surface area (Å²) >= 11 is 0. The number of carbonyl (C=O) groups excluding carboxylic acids is 1. The Balaban J connectivity index is 2.07. The molecule has 1 aliphatic rings. The van der Waals surface area contributed by atoms with Gasteiger partial charge in [-0.05, 0) is 30.2 Å². The van der Waals surface area contributed by atoms with Crippen molar-refractivity contribution in [1.29, 1.82) is 0 Å². The second-order valence-electron chi connectivity index (χ2n) is 3.94. The van der Waals surface area contributed by atoms with Crippen LogP contribution in [0.4, 0.5) is 8.78 Å². The summed E-state index contributed by atoms with van der Waals surface area (Å²) in [4.78, 5) is 11.7. The van der Waals surface area contributed by atoms with Crippen molar-refractivity contribution in [3.8, 4) is 0 Å². The first-order valence-corrected chi connectivity index (χ1v) is 5.21. The fraction of sp³-hybridized carbons (Fsp3) is 0.417. The van der Waals surface area contributed by atoms with Crippen LogP contribution >= 0.6 is 0 Å². The number of rotatable bonds is 3. The largest absolute Gasteiger partial charge is 0.381 e. The number of carbonyl (C=O) groups is 1. The van der Waals surface area contributed by atoms with Crippen molar-refractivity contribution in [2.45, 2.75) is 12.8 Å². The van der Waals surface area contributed by atoms with Gasteiger partial charge in [0.25, 0.3) is 0 Å². The number of halogens is 2. The molecule has 16 heavy (non-hydrogen) atoms. The van der Waals surface area contributed by atoms with Gasteiger partial charge in [0.2, 0.25) is 0 Å². The van der Waals surface area contributed by atoms with Gasteiger partial charge >= 0.3 is 0 Å². The van der Waals surface area contributed by atoms with E-state index in [0.717, 1.165) is 18.2 Å². The summed E-state index contributed by atoms with van der Waals surface area (Å²) in [6.07, 6.45) is 0.618. The molecular formula is C12H12F2O2. The van der Waals surface area contributed by atoms with Gasteiger partial charge in [0, 0.05) is 18.9 Å². The number of hydrogen-bond donors (Lipinski definition) is 0. The Labute approximate surface area is 92.2 Å². The van der Waals surface area contributed by atoms with Crippen LogP contribution in [-0.4, -0.2) is 19.0 Å². The highest BCUT2D eigenvalue weighted by molar-refractivity contribution is 5.83. The first kappa shape index (κ1) is 11.2. The highest BCUT2D eigenvalue weighted by Crippen LogP contribution is 2.18. The Kier molecular flexibility index (Phi) is 3.29. The van der Waals surface area contributed by atoms with Crippen molar-refractivity contribution in [2.75, 3.05) is 13.2 Å². The van der Waals surface area contributed by atoms with Gasteiger partial charge in [0.1, 0.15) is 17.4 Å². The lowest BCUT2D eigenvalue weighted by molar-refractivity contribution is -0.122. The highest BCUT2D eigenvalue weighted by Gasteiger charge is 2.24. The summed E-state index contributed by atoms with van der Waals surface area (Å²) < 4.78 is 31.2. The third-order valence-electron chi connectivity index (χ3n) is 2.76. The molecule has 2 rings (SSSR count). The molecule has 1 heterocycles. The Hall–Kier alpha value is -1.29. The standard InChI is InChI=1S/C12H12F2O2/c13-10-1-2-11(14)9(5-10)6-12(15)8-3-4-16-7-8/h1-2,5,8H,3-4,6-7H2. The predicted molar refractivity (Wildman–Crippen MR) is 54.0 cm³/mol. The molecule has 1 saturated heterocycles. The predicted octanol–water partition coefficient (Wildman–Crippen LogP) is 2.11. The van der Waals surface area contributed by atoms with Crippen molar-refractivity contribution in [3.63, 3.8) is 0 Å². The number of Topliss-reactive ketones (excluding diaryl/α,β-unsaturated/α-hetero) is 1. The number of benzene rings is 1. The van der Waals surface area contributed by atoms with Gasteiger partial charge in [-0.3, -0.25) is 4.79 Å². The second kappa shape index (κ2) is 4.70. The molecule has 86 valence electrons. The molecule has 1 aromatic carbocycles. The molecule has 2 nitrogen and oxygen atoms in total. The monoisotopic (exact) mass is 226 g/mol. The molecule has 4 heteroatoms. The molecule has 1 aliphatic heterocycles. The Bertz CT molecular complexity index is 398. The molecule has 0 N–H and O–H groups in total. The van der Waals surface area contributed by atoms with Gasteiger partial charge in [-0.15, -0.1) is 0 Å². The van der Waals surface area contributed by atoms with Crippen LogP contribution in [0.3, 0.4) is 0 Å². The van der Waals surface area contributed by atoms with E-state index in [1.807, 2.05) is 0 Å². The maximum Gasteiger partial charge on any atom is 0.142 e. The van der Waals surface area contributed by atoms with Gasteiger partial charge in [-0.2, -0.15) is 0 Å². The molecule has 0 aliphatic carbocycles. The van der Waals surface area contributed by atoms with Crippen molar-refractivity contribution < 1.29 is 18.3 Å². The van der Waals surface area contributed by atoms with Crippen LogP contribution in [0.2, 0.25) is 0 Å². The third kappa shape index (κ3) is 2.44. The smallest absolute Gasteiger partial charge is 0.142 e. The zero-order valence-corrected chi connectivity index (χ0v) is 8.71. The Morgan fingerprint density at radius 2 is 2.25 bits per heavy atom. The van der Waals surface area contributed by atoms with Crippen LogP contribution in [0.1, 0.15) is 12.0 Å². The van der Waals surface area contributed by atoms with E-state index in [1.165, 1.54) is 0 Å². The first-order valence-electron chi connectivity index (χ1n) is 5.21. The second-order valence-corrected chi connectivity index (χ2v) is 3.94. The van der Waals surface area contributed by atoms with Crippen LogP contribution < -0.4 is 0 Å². The van der Waals surface area contributed by atoms with E-state index in [2.05, 4.69) is 0 Å². The van der Waals surface area contributed by atoms with Gasteiger partial charge in [0.15, 0.2) is 0 Å². The van der Waals surface area contributed by atoms with Gasteiger partial charge in [-0.25, -0.2) is 8.78 Å². The van der Waals surface area contributed by atoms with Crippen molar-refractivity contribution in [3.05, 3.63) is 35.4 Å². The fourth-order valence-corrected chi connectivity index (χ4v) is 1.80. The molecule has 1 fully saturated rings. The number of hydrogen-bond acceptors (Lipinski definition) is 2. The van der Waals surface area contributed by atoms with E-state index < -0.39 is 11.6 Å². The molecule has 0 radical (unpaired) electrons. The van der Waals surface area contributed by atoms with E-state index in [0.29, 0.717) is 19.6 Å². The Morgan fingerprint density at radius 1 is 1.44 bits per heavy atom. The molecule has 0 bridgehead atoms. The third-order valence-corrected chi connectivity index (χ3v) is 2.76. The van der Waals surface area contributed by atoms with Gasteiger partial charge in [0.05, 0.1) is 6.61 Å². The summed E-state index contributed by atoms with van der Waals surface area (Å²) in [5, 5.41) is 0. The number of ketones is 1. The lowest BCUT2D eigenvalue weighted by Crippen LogP contribution is -2.17. The topological polar surface area (TPSA) is 26.3 Å². The average Bonchev–Trinajstić information content (AvgIpc) is 2.76. The molecule has 0 amide bonds. The molecule has 1 aromatic rings. The van der Waals surface area contributed by atoms with Crippen LogP contribution in [0.25, 0.3) is 0 Å². The van der Waals surface area contributed by atoms with Crippen LogP contribution in [0.15, 0.2) is 18.2 Å². The van der Waals surface area contributed by atoms with Gasteiger partial charge in [-0.1, -0.05) is 0 Å². The summed E-state index contributed by atoms with van der Waals surface area (Å²) in [7, 11) is 0. The normalized spacial score (nSPS) is 20.0. The summed E-state index contributed by atoms with van der Waals surface area (Å²) in [6.45, 7) is 0.970. The first-order chi connectivity index (χ1) is 7.66. The van der Waals surface area contributed by atoms with Crippen LogP contribution in [0, 0.1) is 17.6 Å². The lowest BCUT2D eigenvalue weighted by Gasteiger charge is -2.07. The molecule has 0 aromatic heterocycles.